The minimum atomic E-state index is -0.0493. The van der Waals surface area contributed by atoms with E-state index in [1.807, 2.05) is 6.07 Å². The molecule has 1 aliphatic heterocycles. The Morgan fingerprint density at radius 2 is 1.90 bits per heavy atom. The maximum atomic E-state index is 12.3. The van der Waals surface area contributed by atoms with Gasteiger partial charge in [0.05, 0.1) is 6.54 Å². The highest BCUT2D eigenvalue weighted by atomic mass is 16.2. The average molecular weight is 396 g/mol. The van der Waals surface area contributed by atoms with Crippen molar-refractivity contribution in [1.29, 1.82) is 0 Å². The Kier molecular flexibility index (Phi) is 6.51. The van der Waals surface area contributed by atoms with Crippen molar-refractivity contribution >= 4 is 16.8 Å². The SMILES string of the molecule is O=C(Cn1nnnc1CN1CCCCCC1)NCCCn1ccc2ccccc21. The second-order valence-electron chi connectivity index (χ2n) is 7.71. The van der Waals surface area contributed by atoms with Gasteiger partial charge in [0, 0.05) is 24.8 Å². The summed E-state index contributed by atoms with van der Waals surface area (Å²) in [5, 5.41) is 16.2. The van der Waals surface area contributed by atoms with Gasteiger partial charge >= 0.3 is 0 Å². The van der Waals surface area contributed by atoms with E-state index in [1.165, 1.54) is 36.6 Å². The second kappa shape index (κ2) is 9.65. The topological polar surface area (TPSA) is 80.9 Å². The van der Waals surface area contributed by atoms with Gasteiger partial charge in [-0.3, -0.25) is 9.69 Å². The van der Waals surface area contributed by atoms with Gasteiger partial charge in [-0.15, -0.1) is 5.10 Å². The fraction of sp³-hybridized carbons (Fsp3) is 0.524. The number of amides is 1. The summed E-state index contributed by atoms with van der Waals surface area (Å²) in [5.74, 6) is 0.715. The predicted molar refractivity (Wildman–Crippen MR) is 111 cm³/mol. The quantitative estimate of drug-likeness (QED) is 0.592. The maximum absolute atomic E-state index is 12.3. The van der Waals surface area contributed by atoms with Gasteiger partial charge in [0.1, 0.15) is 6.54 Å². The number of aryl methyl sites for hydroxylation is 1. The van der Waals surface area contributed by atoms with E-state index in [1.54, 1.807) is 4.68 Å². The van der Waals surface area contributed by atoms with Crippen molar-refractivity contribution in [3.05, 3.63) is 42.4 Å². The molecule has 0 aliphatic carbocycles. The van der Waals surface area contributed by atoms with E-state index < -0.39 is 0 Å². The van der Waals surface area contributed by atoms with Crippen LogP contribution < -0.4 is 5.32 Å². The highest BCUT2D eigenvalue weighted by Gasteiger charge is 2.15. The van der Waals surface area contributed by atoms with E-state index in [9.17, 15) is 4.79 Å². The van der Waals surface area contributed by atoms with Gasteiger partial charge in [-0.1, -0.05) is 31.0 Å². The molecule has 0 saturated carbocycles. The number of para-hydroxylation sites is 1. The molecule has 1 aromatic carbocycles. The Balaban J connectivity index is 1.22. The van der Waals surface area contributed by atoms with Gasteiger partial charge < -0.3 is 9.88 Å². The predicted octanol–water partition coefficient (Wildman–Crippen LogP) is 2.21. The third-order valence-electron chi connectivity index (χ3n) is 5.54. The molecule has 8 heteroatoms. The molecule has 0 unspecified atom stereocenters. The van der Waals surface area contributed by atoms with Gasteiger partial charge in [0.2, 0.25) is 5.91 Å². The molecule has 8 nitrogen and oxygen atoms in total. The summed E-state index contributed by atoms with van der Waals surface area (Å²) in [7, 11) is 0. The first-order valence-electron chi connectivity index (χ1n) is 10.6. The van der Waals surface area contributed by atoms with Gasteiger partial charge in [-0.25, -0.2) is 4.68 Å². The van der Waals surface area contributed by atoms with Crippen molar-refractivity contribution in [3.8, 4) is 0 Å². The zero-order chi connectivity index (χ0) is 19.9. The van der Waals surface area contributed by atoms with Gasteiger partial charge in [-0.2, -0.15) is 0 Å². The number of rotatable bonds is 8. The first-order chi connectivity index (χ1) is 14.3. The first kappa shape index (κ1) is 19.6. The van der Waals surface area contributed by atoms with Crippen LogP contribution >= 0.6 is 0 Å². The molecular formula is C21H29N7O. The van der Waals surface area contributed by atoms with Crippen LogP contribution in [-0.2, 0) is 24.4 Å². The number of hydrogen-bond donors (Lipinski definition) is 1. The molecule has 0 bridgehead atoms. The van der Waals surface area contributed by atoms with Gasteiger partial charge in [-0.05, 0) is 60.3 Å². The highest BCUT2D eigenvalue weighted by molar-refractivity contribution is 5.79. The number of aromatic nitrogens is 5. The molecule has 1 amide bonds. The number of hydrogen-bond acceptors (Lipinski definition) is 5. The molecule has 0 spiro atoms. The molecule has 0 atom stereocenters. The van der Waals surface area contributed by atoms with Crippen LogP contribution in [0.2, 0.25) is 0 Å². The van der Waals surface area contributed by atoms with Crippen molar-refractivity contribution in [2.45, 2.75) is 51.7 Å². The van der Waals surface area contributed by atoms with Crippen molar-refractivity contribution in [3.63, 3.8) is 0 Å². The lowest BCUT2D eigenvalue weighted by molar-refractivity contribution is -0.121. The fourth-order valence-electron chi connectivity index (χ4n) is 3.96. The average Bonchev–Trinajstić information content (AvgIpc) is 3.25. The van der Waals surface area contributed by atoms with Crippen molar-refractivity contribution in [2.24, 2.45) is 0 Å². The molecule has 2 aromatic heterocycles. The zero-order valence-electron chi connectivity index (χ0n) is 16.8. The smallest absolute Gasteiger partial charge is 0.241 e. The highest BCUT2D eigenvalue weighted by Crippen LogP contribution is 2.15. The van der Waals surface area contributed by atoms with Crippen LogP contribution in [0.5, 0.6) is 0 Å². The number of nitrogens with zero attached hydrogens (tertiary/aromatic N) is 6. The Hall–Kier alpha value is -2.74. The van der Waals surface area contributed by atoms with E-state index in [2.05, 4.69) is 60.8 Å². The molecule has 154 valence electrons. The summed E-state index contributed by atoms with van der Waals surface area (Å²) in [6.45, 7) is 4.54. The Morgan fingerprint density at radius 3 is 2.76 bits per heavy atom. The van der Waals surface area contributed by atoms with Crippen molar-refractivity contribution < 1.29 is 4.79 Å². The molecule has 1 aliphatic rings. The lowest BCUT2D eigenvalue weighted by Crippen LogP contribution is -2.31. The largest absolute Gasteiger partial charge is 0.354 e. The Bertz CT molecular complexity index is 924. The molecule has 3 heterocycles. The molecule has 1 fully saturated rings. The van der Waals surface area contributed by atoms with E-state index in [0.717, 1.165) is 31.9 Å². The molecule has 3 aromatic rings. The van der Waals surface area contributed by atoms with Gasteiger partial charge in [0.15, 0.2) is 5.82 Å². The zero-order valence-corrected chi connectivity index (χ0v) is 16.8. The number of nitrogens with one attached hydrogen (secondary N) is 1. The summed E-state index contributed by atoms with van der Waals surface area (Å²) in [6, 6.07) is 10.5. The third-order valence-corrected chi connectivity index (χ3v) is 5.54. The summed E-state index contributed by atoms with van der Waals surface area (Å²) in [5.41, 5.74) is 1.23. The van der Waals surface area contributed by atoms with Crippen LogP contribution in [0.4, 0.5) is 0 Å². The van der Waals surface area contributed by atoms with Crippen LogP contribution in [0.15, 0.2) is 36.5 Å². The molecule has 1 saturated heterocycles. The Labute approximate surface area is 170 Å². The van der Waals surface area contributed by atoms with Crippen LogP contribution in [-0.4, -0.2) is 55.2 Å². The van der Waals surface area contributed by atoms with Gasteiger partial charge in [0.25, 0.3) is 0 Å². The Morgan fingerprint density at radius 1 is 1.07 bits per heavy atom. The number of tetrazole rings is 1. The normalized spacial score (nSPS) is 15.4. The van der Waals surface area contributed by atoms with Crippen LogP contribution in [0.1, 0.15) is 37.9 Å². The molecule has 0 radical (unpaired) electrons. The number of carbonyl (C=O) groups excluding carboxylic acids is 1. The molecule has 1 N–H and O–H groups in total. The van der Waals surface area contributed by atoms with E-state index in [0.29, 0.717) is 13.1 Å². The number of carbonyl (C=O) groups is 1. The minimum Gasteiger partial charge on any atom is -0.354 e. The monoisotopic (exact) mass is 395 g/mol. The fourth-order valence-corrected chi connectivity index (χ4v) is 3.96. The summed E-state index contributed by atoms with van der Waals surface area (Å²) in [6.07, 6.45) is 8.01. The summed E-state index contributed by atoms with van der Waals surface area (Å²) in [4.78, 5) is 14.7. The lowest BCUT2D eigenvalue weighted by atomic mass is 10.2. The third kappa shape index (κ3) is 5.20. The van der Waals surface area contributed by atoms with Crippen LogP contribution in [0, 0.1) is 0 Å². The maximum Gasteiger partial charge on any atom is 0.241 e. The lowest BCUT2D eigenvalue weighted by Gasteiger charge is -2.18. The number of fused-ring (bicyclic) bond motifs is 1. The molecule has 4 rings (SSSR count). The number of benzene rings is 1. The van der Waals surface area contributed by atoms with Crippen molar-refractivity contribution in [2.75, 3.05) is 19.6 Å². The van der Waals surface area contributed by atoms with Crippen LogP contribution in [0.25, 0.3) is 10.9 Å². The first-order valence-corrected chi connectivity index (χ1v) is 10.6. The van der Waals surface area contributed by atoms with E-state index >= 15 is 0 Å². The second-order valence-corrected chi connectivity index (χ2v) is 7.71. The van der Waals surface area contributed by atoms with E-state index in [4.69, 9.17) is 0 Å². The number of likely N-dealkylation sites (tertiary alicyclic amines) is 1. The molecular weight excluding hydrogens is 366 g/mol. The van der Waals surface area contributed by atoms with Crippen molar-refractivity contribution in [1.82, 2.24) is 35.0 Å². The standard InChI is InChI=1S/C21H29N7O/c29-21(22-11-7-14-27-15-10-18-8-3-4-9-19(18)27)17-28-20(23-24-25-28)16-26-12-5-1-2-6-13-26/h3-4,8-10,15H,1-2,5-7,11-14,16-17H2,(H,22,29). The summed E-state index contributed by atoms with van der Waals surface area (Å²) >= 11 is 0. The van der Waals surface area contributed by atoms with E-state index in [-0.39, 0.29) is 12.5 Å². The minimum absolute atomic E-state index is 0.0493. The molecule has 29 heavy (non-hydrogen) atoms. The van der Waals surface area contributed by atoms with Crippen LogP contribution in [0.3, 0.4) is 0 Å². The summed E-state index contributed by atoms with van der Waals surface area (Å²) < 4.78 is 3.85.